The Balaban J connectivity index is 2.52. The topological polar surface area (TPSA) is 71.0 Å². The van der Waals surface area contributed by atoms with Gasteiger partial charge in [-0.1, -0.05) is 0 Å². The highest BCUT2D eigenvalue weighted by molar-refractivity contribution is 5.81. The second-order valence-electron chi connectivity index (χ2n) is 5.18. The van der Waals surface area contributed by atoms with Crippen LogP contribution in [0.15, 0.2) is 18.2 Å². The van der Waals surface area contributed by atoms with E-state index in [0.29, 0.717) is 30.2 Å². The molecule has 1 aliphatic rings. The molecule has 116 valence electrons. The molecular formula is C15H22N2O4. The molecule has 0 spiro atoms. The van der Waals surface area contributed by atoms with E-state index < -0.39 is 11.5 Å². The Bertz CT molecular complexity index is 514. The number of hydrogen-bond donors (Lipinski definition) is 2. The molecular weight excluding hydrogens is 272 g/mol. The van der Waals surface area contributed by atoms with Crippen LogP contribution in [0, 0.1) is 0 Å². The molecule has 1 atom stereocenters. The average molecular weight is 294 g/mol. The SMILES string of the molecule is COc1ccc(OC)c(C(C)(C(=O)O)N2CCNCC2)c1. The molecule has 6 heteroatoms. The van der Waals surface area contributed by atoms with Gasteiger partial charge in [-0.25, -0.2) is 4.79 Å². The first-order valence-electron chi connectivity index (χ1n) is 6.95. The molecule has 1 saturated heterocycles. The van der Waals surface area contributed by atoms with Crippen LogP contribution in [0.5, 0.6) is 11.5 Å². The van der Waals surface area contributed by atoms with E-state index in [4.69, 9.17) is 9.47 Å². The lowest BCUT2D eigenvalue weighted by Gasteiger charge is -2.41. The monoisotopic (exact) mass is 294 g/mol. The Hall–Kier alpha value is -1.79. The molecule has 1 fully saturated rings. The van der Waals surface area contributed by atoms with Crippen LogP contribution in [0.2, 0.25) is 0 Å². The van der Waals surface area contributed by atoms with Crippen molar-refractivity contribution < 1.29 is 19.4 Å². The van der Waals surface area contributed by atoms with Gasteiger partial charge in [-0.2, -0.15) is 0 Å². The van der Waals surface area contributed by atoms with E-state index >= 15 is 0 Å². The summed E-state index contributed by atoms with van der Waals surface area (Å²) >= 11 is 0. The normalized spacial score (nSPS) is 18.8. The molecule has 1 aliphatic heterocycles. The van der Waals surface area contributed by atoms with Crippen molar-refractivity contribution in [2.45, 2.75) is 12.5 Å². The first-order valence-corrected chi connectivity index (χ1v) is 6.95. The van der Waals surface area contributed by atoms with Gasteiger partial charge >= 0.3 is 5.97 Å². The molecule has 0 amide bonds. The zero-order valence-electron chi connectivity index (χ0n) is 12.7. The van der Waals surface area contributed by atoms with E-state index in [9.17, 15) is 9.90 Å². The number of benzene rings is 1. The van der Waals surface area contributed by atoms with E-state index in [0.717, 1.165) is 13.1 Å². The minimum Gasteiger partial charge on any atom is -0.497 e. The molecule has 0 aliphatic carbocycles. The van der Waals surface area contributed by atoms with Gasteiger partial charge in [-0.15, -0.1) is 0 Å². The van der Waals surface area contributed by atoms with Gasteiger partial charge < -0.3 is 19.9 Å². The van der Waals surface area contributed by atoms with Gasteiger partial charge in [0.25, 0.3) is 0 Å². The highest BCUT2D eigenvalue weighted by atomic mass is 16.5. The predicted molar refractivity (Wildman–Crippen MR) is 79.0 cm³/mol. The number of aliphatic carboxylic acids is 1. The van der Waals surface area contributed by atoms with Crippen LogP contribution in [0.3, 0.4) is 0 Å². The van der Waals surface area contributed by atoms with Crippen LogP contribution < -0.4 is 14.8 Å². The maximum Gasteiger partial charge on any atom is 0.328 e. The third-order valence-electron chi connectivity index (χ3n) is 4.10. The number of ether oxygens (including phenoxy) is 2. The molecule has 6 nitrogen and oxygen atoms in total. The summed E-state index contributed by atoms with van der Waals surface area (Å²) in [5.74, 6) is 0.281. The van der Waals surface area contributed by atoms with Crippen LogP contribution in [0.1, 0.15) is 12.5 Å². The van der Waals surface area contributed by atoms with E-state index in [-0.39, 0.29) is 0 Å². The van der Waals surface area contributed by atoms with Crippen molar-refractivity contribution in [3.05, 3.63) is 23.8 Å². The number of piperazine rings is 1. The third kappa shape index (κ3) is 2.82. The van der Waals surface area contributed by atoms with Gasteiger partial charge in [0.05, 0.1) is 14.2 Å². The summed E-state index contributed by atoms with van der Waals surface area (Å²) in [5, 5.41) is 13.1. The number of carboxylic acids is 1. The Morgan fingerprint density at radius 1 is 1.29 bits per heavy atom. The Morgan fingerprint density at radius 3 is 2.48 bits per heavy atom. The van der Waals surface area contributed by atoms with Crippen LogP contribution in [0.4, 0.5) is 0 Å². The minimum atomic E-state index is -1.15. The highest BCUT2D eigenvalue weighted by Crippen LogP contribution is 2.37. The lowest BCUT2D eigenvalue weighted by molar-refractivity contribution is -0.152. The fourth-order valence-corrected chi connectivity index (χ4v) is 2.73. The summed E-state index contributed by atoms with van der Waals surface area (Å²) in [6.45, 7) is 4.61. The number of hydrogen-bond acceptors (Lipinski definition) is 5. The molecule has 1 aromatic carbocycles. The first-order chi connectivity index (χ1) is 10.0. The summed E-state index contributed by atoms with van der Waals surface area (Å²) in [6, 6.07) is 5.26. The number of nitrogens with one attached hydrogen (secondary N) is 1. The number of methoxy groups -OCH3 is 2. The Labute approximate surface area is 124 Å². The minimum absolute atomic E-state index is 0.555. The van der Waals surface area contributed by atoms with Crippen molar-refractivity contribution in [3.8, 4) is 11.5 Å². The molecule has 2 rings (SSSR count). The van der Waals surface area contributed by atoms with Gasteiger partial charge in [0.2, 0.25) is 0 Å². The van der Waals surface area contributed by atoms with Crippen molar-refractivity contribution in [1.29, 1.82) is 0 Å². The number of carboxylic acid groups (broad SMARTS) is 1. The zero-order chi connectivity index (χ0) is 15.5. The van der Waals surface area contributed by atoms with Gasteiger partial charge in [0.15, 0.2) is 0 Å². The van der Waals surface area contributed by atoms with E-state index in [1.54, 1.807) is 39.3 Å². The van der Waals surface area contributed by atoms with Gasteiger partial charge in [0, 0.05) is 31.7 Å². The maximum atomic E-state index is 12.0. The standard InChI is InChI=1S/C15H22N2O4/c1-15(14(18)19,17-8-6-16-7-9-17)12-10-11(20-2)4-5-13(12)21-3/h4-5,10,16H,6-9H2,1-3H3,(H,18,19). The lowest BCUT2D eigenvalue weighted by Crippen LogP contribution is -2.56. The van der Waals surface area contributed by atoms with Crippen molar-refractivity contribution in [2.24, 2.45) is 0 Å². The smallest absolute Gasteiger partial charge is 0.328 e. The molecule has 1 unspecified atom stereocenters. The summed E-state index contributed by atoms with van der Waals surface area (Å²) < 4.78 is 10.6. The van der Waals surface area contributed by atoms with Crippen LogP contribution in [-0.4, -0.2) is 56.4 Å². The molecule has 1 heterocycles. The highest BCUT2D eigenvalue weighted by Gasteiger charge is 2.44. The molecule has 0 saturated carbocycles. The maximum absolute atomic E-state index is 12.0. The second-order valence-corrected chi connectivity index (χ2v) is 5.18. The van der Waals surface area contributed by atoms with E-state index in [2.05, 4.69) is 5.32 Å². The molecule has 1 aromatic rings. The molecule has 0 bridgehead atoms. The van der Waals surface area contributed by atoms with Crippen LogP contribution in [0.25, 0.3) is 0 Å². The molecule has 2 N–H and O–H groups in total. The van der Waals surface area contributed by atoms with Gasteiger partial charge in [-0.05, 0) is 25.1 Å². The quantitative estimate of drug-likeness (QED) is 0.841. The van der Waals surface area contributed by atoms with Crippen LogP contribution in [-0.2, 0) is 10.3 Å². The first kappa shape index (κ1) is 15.6. The molecule has 0 aromatic heterocycles. The van der Waals surface area contributed by atoms with Gasteiger partial charge in [-0.3, -0.25) is 4.90 Å². The van der Waals surface area contributed by atoms with Crippen LogP contribution >= 0.6 is 0 Å². The van der Waals surface area contributed by atoms with Crippen molar-refractivity contribution in [1.82, 2.24) is 10.2 Å². The lowest BCUT2D eigenvalue weighted by atomic mass is 9.88. The predicted octanol–water partition coefficient (Wildman–Crippen LogP) is 0.909. The van der Waals surface area contributed by atoms with Crippen molar-refractivity contribution in [2.75, 3.05) is 40.4 Å². The summed E-state index contributed by atoms with van der Waals surface area (Å²) in [6.07, 6.45) is 0. The molecule has 21 heavy (non-hydrogen) atoms. The fourth-order valence-electron chi connectivity index (χ4n) is 2.73. The summed E-state index contributed by atoms with van der Waals surface area (Å²) in [7, 11) is 3.11. The fraction of sp³-hybridized carbons (Fsp3) is 0.533. The largest absolute Gasteiger partial charge is 0.497 e. The third-order valence-corrected chi connectivity index (χ3v) is 4.10. The summed E-state index contributed by atoms with van der Waals surface area (Å²) in [5.41, 5.74) is -0.541. The number of rotatable bonds is 5. The Kier molecular flexibility index (Phi) is 4.69. The second kappa shape index (κ2) is 6.32. The zero-order valence-corrected chi connectivity index (χ0v) is 12.7. The molecule has 0 radical (unpaired) electrons. The average Bonchev–Trinajstić information content (AvgIpc) is 2.54. The van der Waals surface area contributed by atoms with E-state index in [1.807, 2.05) is 4.90 Å². The summed E-state index contributed by atoms with van der Waals surface area (Å²) in [4.78, 5) is 14.0. The van der Waals surface area contributed by atoms with E-state index in [1.165, 1.54) is 0 Å². The number of nitrogens with zero attached hydrogens (tertiary/aromatic N) is 1. The number of carbonyl (C=O) groups is 1. The van der Waals surface area contributed by atoms with Crippen molar-refractivity contribution >= 4 is 5.97 Å². The van der Waals surface area contributed by atoms with Crippen molar-refractivity contribution in [3.63, 3.8) is 0 Å². The van der Waals surface area contributed by atoms with Gasteiger partial charge in [0.1, 0.15) is 17.0 Å². The Morgan fingerprint density at radius 2 is 1.95 bits per heavy atom.